The van der Waals surface area contributed by atoms with Crippen LogP contribution in [0, 0.1) is 6.92 Å². The predicted molar refractivity (Wildman–Crippen MR) is 123 cm³/mol. The number of aryl methyl sites for hydroxylation is 1. The van der Waals surface area contributed by atoms with Crippen molar-refractivity contribution < 1.29 is 27.3 Å². The number of hydrogen-bond donors (Lipinski definition) is 1. The van der Waals surface area contributed by atoms with E-state index in [1.165, 1.54) is 17.2 Å². The Morgan fingerprint density at radius 3 is 1.78 bits per heavy atom. The molecule has 3 rings (SSSR count). The number of nitrogens with zero attached hydrogens (tertiary/aromatic N) is 1. The molecular weight excluding hydrogens is 430 g/mol. The second-order valence-electron chi connectivity index (χ2n) is 6.74. The van der Waals surface area contributed by atoms with Gasteiger partial charge in [-0.3, -0.25) is 0 Å². The van der Waals surface area contributed by atoms with E-state index in [0.717, 1.165) is 17.1 Å². The van der Waals surface area contributed by atoms with E-state index in [1.807, 2.05) is 67.6 Å². The third-order valence-electron chi connectivity index (χ3n) is 4.06. The summed E-state index contributed by atoms with van der Waals surface area (Å²) in [6, 6.07) is 25.3. The van der Waals surface area contributed by atoms with Crippen molar-refractivity contribution in [3.05, 3.63) is 90.5 Å². The maximum Gasteiger partial charge on any atom is 0.313 e. The summed E-state index contributed by atoms with van der Waals surface area (Å²) in [6.07, 6.45) is 0. The summed E-state index contributed by atoms with van der Waals surface area (Å²) in [6.45, 7) is 2.97. The van der Waals surface area contributed by atoms with Crippen LogP contribution in [0.25, 0.3) is 0 Å². The molecule has 0 saturated carbocycles. The summed E-state index contributed by atoms with van der Waals surface area (Å²) in [7, 11) is -2.25. The summed E-state index contributed by atoms with van der Waals surface area (Å²) >= 11 is 0. The highest BCUT2D eigenvalue weighted by Gasteiger charge is 2.18. The lowest BCUT2D eigenvalue weighted by molar-refractivity contribution is -0.0324. The summed E-state index contributed by atoms with van der Waals surface area (Å²) in [4.78, 5) is 0.133. The molecule has 0 spiro atoms. The first-order valence-corrected chi connectivity index (χ1v) is 11.5. The normalized spacial score (nSPS) is 10.9. The highest BCUT2D eigenvalue weighted by atomic mass is 32.2. The zero-order valence-electron chi connectivity index (χ0n) is 18.3. The van der Waals surface area contributed by atoms with Gasteiger partial charge in [-0.15, -0.1) is 0 Å². The summed E-state index contributed by atoms with van der Waals surface area (Å²) < 4.78 is 39.8. The minimum Gasteiger partial charge on any atom is -0.492 e. The maximum atomic E-state index is 12.1. The van der Waals surface area contributed by atoms with Crippen LogP contribution < -0.4 is 9.47 Å². The molecule has 0 aliphatic carbocycles. The average molecular weight is 460 g/mol. The number of likely N-dealkylation sites (N-methyl/N-ethyl adjacent to an activating group) is 1. The fourth-order valence-corrected chi connectivity index (χ4v) is 3.41. The number of hydrogen-bond acceptors (Lipinski definition) is 7. The number of aliphatic hydroxyl groups is 1. The van der Waals surface area contributed by atoms with Crippen molar-refractivity contribution in [2.75, 3.05) is 33.4 Å². The number of aliphatic hydroxyl groups excluding tert-OH is 1. The molecule has 1 N–H and O–H groups in total. The van der Waals surface area contributed by atoms with Crippen LogP contribution in [-0.4, -0.2) is 52.0 Å². The van der Waals surface area contributed by atoms with E-state index < -0.39 is 10.1 Å². The molecule has 7 nitrogen and oxygen atoms in total. The first kappa shape index (κ1) is 25.4. The molecule has 0 aliphatic rings. The SMILES string of the molecule is Cc1ccc(S(=O)(=O)ON(C)CCOc2ccccc2)cc1.OCCOc1ccccc1. The fourth-order valence-electron chi connectivity index (χ4n) is 2.44. The topological polar surface area (TPSA) is 85.3 Å². The lowest BCUT2D eigenvalue weighted by atomic mass is 10.2. The number of hydroxylamine groups is 2. The standard InChI is InChI=1S/C16H19NO4S.C8H10O2/c1-14-8-10-16(11-9-14)22(18,19)21-17(2)12-13-20-15-6-4-3-5-7-15;9-6-7-10-8-4-2-1-3-5-8/h3-11H,12-13H2,1-2H3;1-5,9H,6-7H2. The van der Waals surface area contributed by atoms with Crippen LogP contribution in [0.15, 0.2) is 89.8 Å². The van der Waals surface area contributed by atoms with Gasteiger partial charge in [0, 0.05) is 7.05 Å². The Bertz CT molecular complexity index is 996. The Hall–Kier alpha value is -2.91. The van der Waals surface area contributed by atoms with Gasteiger partial charge in [0.05, 0.1) is 18.0 Å². The van der Waals surface area contributed by atoms with Crippen molar-refractivity contribution in [2.24, 2.45) is 0 Å². The largest absolute Gasteiger partial charge is 0.492 e. The molecule has 0 atom stereocenters. The molecule has 0 fully saturated rings. The molecule has 172 valence electrons. The van der Waals surface area contributed by atoms with Gasteiger partial charge >= 0.3 is 10.1 Å². The van der Waals surface area contributed by atoms with E-state index in [-0.39, 0.29) is 11.5 Å². The van der Waals surface area contributed by atoms with Gasteiger partial charge in [0.25, 0.3) is 0 Å². The Labute approximate surface area is 189 Å². The second-order valence-corrected chi connectivity index (χ2v) is 8.27. The van der Waals surface area contributed by atoms with Crippen molar-refractivity contribution in [3.63, 3.8) is 0 Å². The van der Waals surface area contributed by atoms with Crippen molar-refractivity contribution in [2.45, 2.75) is 11.8 Å². The maximum absolute atomic E-state index is 12.1. The number of para-hydroxylation sites is 2. The number of rotatable bonds is 10. The minimum atomic E-state index is -3.80. The zero-order valence-corrected chi connectivity index (χ0v) is 19.1. The van der Waals surface area contributed by atoms with Crippen LogP contribution in [0.4, 0.5) is 0 Å². The molecule has 0 amide bonds. The molecule has 8 heteroatoms. The van der Waals surface area contributed by atoms with Crippen LogP contribution >= 0.6 is 0 Å². The lowest BCUT2D eigenvalue weighted by Gasteiger charge is -2.16. The van der Waals surface area contributed by atoms with E-state index in [2.05, 4.69) is 0 Å². The summed E-state index contributed by atoms with van der Waals surface area (Å²) in [5.74, 6) is 1.54. The average Bonchev–Trinajstić information content (AvgIpc) is 2.79. The number of ether oxygens (including phenoxy) is 2. The highest BCUT2D eigenvalue weighted by molar-refractivity contribution is 7.86. The van der Waals surface area contributed by atoms with Gasteiger partial charge in [0.15, 0.2) is 0 Å². The zero-order chi connectivity index (χ0) is 23.2. The second kappa shape index (κ2) is 13.5. The van der Waals surface area contributed by atoms with Crippen LogP contribution in [0.5, 0.6) is 11.5 Å². The lowest BCUT2D eigenvalue weighted by Crippen LogP contribution is -2.27. The summed E-state index contributed by atoms with van der Waals surface area (Å²) in [5, 5.41) is 9.65. The fraction of sp³-hybridized carbons (Fsp3) is 0.250. The first-order chi connectivity index (χ1) is 15.4. The van der Waals surface area contributed by atoms with Crippen LogP contribution in [0.2, 0.25) is 0 Å². The van der Waals surface area contributed by atoms with E-state index >= 15 is 0 Å². The molecule has 0 saturated heterocycles. The van der Waals surface area contributed by atoms with E-state index in [1.54, 1.807) is 19.2 Å². The van der Waals surface area contributed by atoms with Gasteiger partial charge in [0.2, 0.25) is 0 Å². The van der Waals surface area contributed by atoms with Crippen molar-refractivity contribution in [1.29, 1.82) is 0 Å². The van der Waals surface area contributed by atoms with Crippen LogP contribution in [0.3, 0.4) is 0 Å². The van der Waals surface area contributed by atoms with Gasteiger partial charge in [-0.2, -0.15) is 17.8 Å². The number of benzene rings is 3. The van der Waals surface area contributed by atoms with Gasteiger partial charge < -0.3 is 14.6 Å². The Kier molecular flexibility index (Phi) is 10.7. The predicted octanol–water partition coefficient (Wildman–Crippen LogP) is 3.68. The van der Waals surface area contributed by atoms with Gasteiger partial charge in [-0.25, -0.2) is 0 Å². The highest BCUT2D eigenvalue weighted by Crippen LogP contribution is 2.14. The molecule has 0 heterocycles. The van der Waals surface area contributed by atoms with E-state index in [9.17, 15) is 8.42 Å². The van der Waals surface area contributed by atoms with Crippen LogP contribution in [0.1, 0.15) is 5.56 Å². The van der Waals surface area contributed by atoms with E-state index in [4.69, 9.17) is 18.9 Å². The Morgan fingerprint density at radius 1 is 0.781 bits per heavy atom. The van der Waals surface area contributed by atoms with Gasteiger partial charge in [0.1, 0.15) is 24.7 Å². The molecule has 0 unspecified atom stereocenters. The van der Waals surface area contributed by atoms with Crippen molar-refractivity contribution in [3.8, 4) is 11.5 Å². The van der Waals surface area contributed by atoms with Gasteiger partial charge in [-0.1, -0.05) is 54.1 Å². The van der Waals surface area contributed by atoms with Crippen LogP contribution in [-0.2, 0) is 14.4 Å². The van der Waals surface area contributed by atoms with Gasteiger partial charge in [-0.05, 0) is 43.3 Å². The van der Waals surface area contributed by atoms with Crippen molar-refractivity contribution in [1.82, 2.24) is 5.06 Å². The molecule has 0 aromatic heterocycles. The Balaban J connectivity index is 0.000000303. The molecule has 3 aromatic carbocycles. The molecule has 32 heavy (non-hydrogen) atoms. The van der Waals surface area contributed by atoms with Crippen molar-refractivity contribution >= 4 is 10.1 Å². The third kappa shape index (κ3) is 9.49. The first-order valence-electron chi connectivity index (χ1n) is 10.1. The molecular formula is C24H29NO6S. The minimum absolute atomic E-state index is 0.0644. The third-order valence-corrected chi connectivity index (χ3v) is 5.36. The Morgan fingerprint density at radius 2 is 1.28 bits per heavy atom. The van der Waals surface area contributed by atoms with E-state index in [0.29, 0.717) is 19.8 Å². The molecule has 0 bridgehead atoms. The molecule has 0 aliphatic heterocycles. The summed E-state index contributed by atoms with van der Waals surface area (Å²) in [5.41, 5.74) is 0.989. The molecule has 3 aromatic rings. The quantitative estimate of drug-likeness (QED) is 0.463. The molecule has 0 radical (unpaired) electrons. The smallest absolute Gasteiger partial charge is 0.313 e. The monoisotopic (exact) mass is 459 g/mol.